The fraction of sp³-hybridized carbons (Fsp3) is 0.0455. The third-order valence-corrected chi connectivity index (χ3v) is 5.89. The molecule has 1 atom stereocenters. The number of aryl methyl sites for hydroxylation is 1. The van der Waals surface area contributed by atoms with Crippen LogP contribution in [0, 0.1) is 0 Å². The largest absolute Gasteiger partial charge is 0.301 e. The average Bonchev–Trinajstić information content (AvgIpc) is 3.41. The minimum Gasteiger partial charge on any atom is -0.301 e. The van der Waals surface area contributed by atoms with Gasteiger partial charge in [0.25, 0.3) is 0 Å². The molecule has 0 bridgehead atoms. The molecular weight excluding hydrogens is 396 g/mol. The van der Waals surface area contributed by atoms with E-state index in [-0.39, 0.29) is 0 Å². The number of hydrogen-bond acceptors (Lipinski definition) is 4. The lowest BCUT2D eigenvalue weighted by molar-refractivity contribution is 0.686. The minimum atomic E-state index is -1.31. The summed E-state index contributed by atoms with van der Waals surface area (Å²) in [5.41, 5.74) is 5.52. The van der Waals surface area contributed by atoms with Gasteiger partial charge in [-0.3, -0.25) is 4.68 Å². The summed E-state index contributed by atoms with van der Waals surface area (Å²) in [5, 5.41) is 8.58. The smallest absolute Gasteiger partial charge is 0.150 e. The van der Waals surface area contributed by atoms with Crippen molar-refractivity contribution in [2.45, 2.75) is 4.90 Å². The number of benzene rings is 2. The molecule has 8 heteroatoms. The summed E-state index contributed by atoms with van der Waals surface area (Å²) < 4.78 is 19.1. The van der Waals surface area contributed by atoms with Crippen molar-refractivity contribution in [2.75, 3.05) is 4.72 Å². The van der Waals surface area contributed by atoms with Crippen molar-refractivity contribution >= 4 is 22.2 Å². The predicted molar refractivity (Wildman–Crippen MR) is 117 cm³/mol. The molecule has 0 saturated carbocycles. The summed E-state index contributed by atoms with van der Waals surface area (Å²) in [4.78, 5) is 5.23. The summed E-state index contributed by atoms with van der Waals surface area (Å²) >= 11 is 0. The molecule has 5 rings (SSSR count). The van der Waals surface area contributed by atoms with Gasteiger partial charge >= 0.3 is 0 Å². The SMILES string of the molecule is Cn1cc(-c2cc3c(-c4ccc(NS(=O)c5ccccc5)cc4)ncnn3c2)cn1. The monoisotopic (exact) mass is 414 g/mol. The van der Waals surface area contributed by atoms with E-state index >= 15 is 0 Å². The second-order valence-corrected chi connectivity index (χ2v) is 8.04. The third kappa shape index (κ3) is 3.48. The highest BCUT2D eigenvalue weighted by Gasteiger charge is 2.11. The van der Waals surface area contributed by atoms with Crippen molar-refractivity contribution in [3.63, 3.8) is 0 Å². The van der Waals surface area contributed by atoms with Crippen molar-refractivity contribution in [3.8, 4) is 22.4 Å². The molecule has 3 heterocycles. The lowest BCUT2D eigenvalue weighted by Crippen LogP contribution is -2.04. The van der Waals surface area contributed by atoms with Gasteiger partial charge in [0, 0.05) is 41.8 Å². The summed E-state index contributed by atoms with van der Waals surface area (Å²) in [7, 11) is 0.583. The van der Waals surface area contributed by atoms with Gasteiger partial charge in [-0.25, -0.2) is 13.7 Å². The van der Waals surface area contributed by atoms with Gasteiger partial charge in [0.2, 0.25) is 0 Å². The van der Waals surface area contributed by atoms with Crippen LogP contribution in [0.25, 0.3) is 27.9 Å². The number of nitrogens with zero attached hydrogens (tertiary/aromatic N) is 5. The standard InChI is InChI=1S/C22H18N6OS/c1-27-13-18(12-24-27)17-11-21-22(23-15-25-28(21)14-17)16-7-9-19(10-8-16)26-30(29)20-5-3-2-4-6-20/h2-15,26H,1H3. The molecule has 1 N–H and O–H groups in total. The van der Waals surface area contributed by atoms with E-state index < -0.39 is 11.0 Å². The average molecular weight is 414 g/mol. The number of hydrogen-bond donors (Lipinski definition) is 1. The second-order valence-electron chi connectivity index (χ2n) is 6.83. The summed E-state index contributed by atoms with van der Waals surface area (Å²) in [6, 6.07) is 19.1. The molecule has 0 aliphatic rings. The van der Waals surface area contributed by atoms with E-state index in [1.54, 1.807) is 11.0 Å². The molecule has 5 aromatic rings. The summed E-state index contributed by atoms with van der Waals surface area (Å²) in [5.74, 6) is 0. The van der Waals surface area contributed by atoms with Crippen molar-refractivity contribution in [1.82, 2.24) is 24.4 Å². The van der Waals surface area contributed by atoms with Crippen molar-refractivity contribution in [2.24, 2.45) is 7.05 Å². The zero-order chi connectivity index (χ0) is 20.5. The van der Waals surface area contributed by atoms with E-state index in [4.69, 9.17) is 0 Å². The Labute approximate surface area is 175 Å². The number of fused-ring (bicyclic) bond motifs is 1. The van der Waals surface area contributed by atoms with Crippen molar-refractivity contribution < 1.29 is 4.21 Å². The van der Waals surface area contributed by atoms with E-state index in [1.165, 1.54) is 0 Å². The van der Waals surface area contributed by atoms with Gasteiger partial charge in [0.05, 0.1) is 22.3 Å². The molecule has 2 aromatic carbocycles. The van der Waals surface area contributed by atoms with Gasteiger partial charge in [0.15, 0.2) is 0 Å². The maximum atomic E-state index is 12.5. The number of anilines is 1. The van der Waals surface area contributed by atoms with Gasteiger partial charge in [-0.1, -0.05) is 30.3 Å². The predicted octanol–water partition coefficient (Wildman–Crippen LogP) is 3.93. The molecule has 0 saturated heterocycles. The lowest BCUT2D eigenvalue weighted by Gasteiger charge is -2.08. The van der Waals surface area contributed by atoms with E-state index in [0.29, 0.717) is 0 Å². The highest BCUT2D eigenvalue weighted by atomic mass is 32.2. The Hall–Kier alpha value is -3.78. The summed E-state index contributed by atoms with van der Waals surface area (Å²) in [6.07, 6.45) is 7.31. The first-order valence-electron chi connectivity index (χ1n) is 9.34. The van der Waals surface area contributed by atoms with Crippen LogP contribution in [0.15, 0.2) is 90.5 Å². The quantitative estimate of drug-likeness (QED) is 0.473. The Morgan fingerprint density at radius 1 is 0.900 bits per heavy atom. The maximum absolute atomic E-state index is 12.5. The normalized spacial score (nSPS) is 12.2. The van der Waals surface area contributed by atoms with Crippen LogP contribution in [-0.4, -0.2) is 28.6 Å². The Balaban J connectivity index is 1.44. The van der Waals surface area contributed by atoms with Crippen LogP contribution in [0.3, 0.4) is 0 Å². The van der Waals surface area contributed by atoms with Crippen LogP contribution < -0.4 is 4.72 Å². The molecule has 0 fully saturated rings. The fourth-order valence-electron chi connectivity index (χ4n) is 3.29. The number of rotatable bonds is 5. The zero-order valence-electron chi connectivity index (χ0n) is 16.1. The first-order chi connectivity index (χ1) is 14.7. The summed E-state index contributed by atoms with van der Waals surface area (Å²) in [6.45, 7) is 0. The number of aromatic nitrogens is 5. The van der Waals surface area contributed by atoms with Gasteiger partial charge in [0.1, 0.15) is 17.3 Å². The molecule has 0 radical (unpaired) electrons. The van der Waals surface area contributed by atoms with Crippen molar-refractivity contribution in [1.29, 1.82) is 0 Å². The van der Waals surface area contributed by atoms with Crippen LogP contribution in [-0.2, 0) is 18.0 Å². The van der Waals surface area contributed by atoms with Gasteiger partial charge < -0.3 is 4.72 Å². The van der Waals surface area contributed by atoms with Gasteiger partial charge in [-0.05, 0) is 30.3 Å². The molecule has 0 spiro atoms. The molecule has 7 nitrogen and oxygen atoms in total. The molecular formula is C22H18N6OS. The van der Waals surface area contributed by atoms with E-state index in [1.807, 2.05) is 84.8 Å². The van der Waals surface area contributed by atoms with Crippen LogP contribution in [0.1, 0.15) is 0 Å². The molecule has 1 unspecified atom stereocenters. The Bertz CT molecular complexity index is 1340. The highest BCUT2D eigenvalue weighted by molar-refractivity contribution is 7.86. The van der Waals surface area contributed by atoms with E-state index in [2.05, 4.69) is 26.0 Å². The minimum absolute atomic E-state index is 0.732. The van der Waals surface area contributed by atoms with Crippen LogP contribution in [0.4, 0.5) is 5.69 Å². The topological polar surface area (TPSA) is 77.1 Å². The second kappa shape index (κ2) is 7.57. The molecule has 30 heavy (non-hydrogen) atoms. The lowest BCUT2D eigenvalue weighted by atomic mass is 10.1. The van der Waals surface area contributed by atoms with Gasteiger partial charge in [-0.15, -0.1) is 0 Å². The molecule has 3 aromatic heterocycles. The maximum Gasteiger partial charge on any atom is 0.150 e. The van der Waals surface area contributed by atoms with E-state index in [0.717, 1.165) is 38.5 Å². The molecule has 0 aliphatic heterocycles. The first-order valence-corrected chi connectivity index (χ1v) is 10.5. The van der Waals surface area contributed by atoms with Crippen LogP contribution in [0.2, 0.25) is 0 Å². The van der Waals surface area contributed by atoms with Crippen LogP contribution >= 0.6 is 0 Å². The zero-order valence-corrected chi connectivity index (χ0v) is 17.0. The third-order valence-electron chi connectivity index (χ3n) is 4.77. The van der Waals surface area contributed by atoms with E-state index in [9.17, 15) is 4.21 Å². The van der Waals surface area contributed by atoms with Crippen molar-refractivity contribution in [3.05, 3.63) is 85.6 Å². The van der Waals surface area contributed by atoms with Crippen LogP contribution in [0.5, 0.6) is 0 Å². The highest BCUT2D eigenvalue weighted by Crippen LogP contribution is 2.28. The fourth-order valence-corrected chi connectivity index (χ4v) is 4.16. The molecule has 0 aliphatic carbocycles. The Morgan fingerprint density at radius 2 is 1.70 bits per heavy atom. The number of nitrogens with one attached hydrogen (secondary N) is 1. The Kier molecular flexibility index (Phi) is 4.61. The van der Waals surface area contributed by atoms with Gasteiger partial charge in [-0.2, -0.15) is 10.2 Å². The first kappa shape index (κ1) is 18.3. The Morgan fingerprint density at radius 3 is 2.43 bits per heavy atom. The molecule has 0 amide bonds. The molecule has 148 valence electrons.